The van der Waals surface area contributed by atoms with Gasteiger partial charge >= 0.3 is 17.9 Å². The number of ether oxygens (including phenoxy) is 8. The fourth-order valence-electron chi connectivity index (χ4n) is 10.2. The number of likely N-dealkylation sites (N-methyl/N-ethyl adjacent to an activating group) is 2. The number of benzene rings is 6. The van der Waals surface area contributed by atoms with Crippen molar-refractivity contribution in [3.05, 3.63) is 144 Å². The topological polar surface area (TPSA) is 195 Å². The van der Waals surface area contributed by atoms with Gasteiger partial charge in [-0.15, -0.1) is 0 Å². The first-order chi connectivity index (χ1) is 44.1. The van der Waals surface area contributed by atoms with Crippen LogP contribution in [0.5, 0.6) is 34.5 Å². The Morgan fingerprint density at radius 2 is 0.882 bits per heavy atom. The number of aliphatic carboxylic acids is 2. The van der Waals surface area contributed by atoms with Gasteiger partial charge in [0.15, 0.2) is 19.8 Å². The SMILES string of the molecule is CC(C)c1cc(-c2ccc(OCC(=O)O)c(C(C)C)c2)ccc1OCCN(C)C.CCOC(=O)COc1ccc(-c2ccc(OCCOCC(O)CN3CCCCC3)c(C(C)(C)C)c2)cc1C(C)(C)C.CN(C)CCOc1ccc(-c2ccc(OCC(=O)O)cc2)cc1. The lowest BCUT2D eigenvalue weighted by atomic mass is 9.82. The van der Waals surface area contributed by atoms with E-state index in [4.69, 9.17) is 48.1 Å². The van der Waals surface area contributed by atoms with Gasteiger partial charge in [-0.25, -0.2) is 14.4 Å². The van der Waals surface area contributed by atoms with Crippen LogP contribution in [0.2, 0.25) is 0 Å². The Kier molecular flexibility index (Phi) is 31.0. The molecule has 0 spiro atoms. The molecule has 0 amide bonds. The smallest absolute Gasteiger partial charge is 0.344 e. The second-order valence-corrected chi connectivity index (χ2v) is 26.5. The van der Waals surface area contributed by atoms with E-state index in [-0.39, 0.29) is 42.5 Å². The molecule has 508 valence electrons. The highest BCUT2D eigenvalue weighted by Crippen LogP contribution is 2.40. The van der Waals surface area contributed by atoms with Crippen molar-refractivity contribution in [2.75, 3.05) is 120 Å². The van der Waals surface area contributed by atoms with Crippen LogP contribution in [0.15, 0.2) is 121 Å². The van der Waals surface area contributed by atoms with E-state index in [1.165, 1.54) is 24.8 Å². The number of aliphatic hydroxyl groups excluding tert-OH is 1. The van der Waals surface area contributed by atoms with Crippen LogP contribution < -0.4 is 28.4 Å². The van der Waals surface area contributed by atoms with Gasteiger partial charge < -0.3 is 67.9 Å². The summed E-state index contributed by atoms with van der Waals surface area (Å²) in [5.41, 5.74) is 10.4. The molecule has 3 N–H and O–H groups in total. The summed E-state index contributed by atoms with van der Waals surface area (Å²) in [5, 5.41) is 27.8. The Morgan fingerprint density at radius 3 is 1.33 bits per heavy atom. The molecule has 0 saturated carbocycles. The molecule has 0 aliphatic carbocycles. The first-order valence-electron chi connectivity index (χ1n) is 32.5. The van der Waals surface area contributed by atoms with Crippen LogP contribution >= 0.6 is 0 Å². The number of esters is 1. The molecule has 6 aromatic carbocycles. The fraction of sp³-hybridized carbons (Fsp3) is 0.487. The quantitative estimate of drug-likeness (QED) is 0.0274. The molecular formula is C76H105N3O14. The van der Waals surface area contributed by atoms with Gasteiger partial charge in [-0.05, 0) is 201 Å². The van der Waals surface area contributed by atoms with Gasteiger partial charge in [0.2, 0.25) is 0 Å². The molecule has 7 rings (SSSR count). The summed E-state index contributed by atoms with van der Waals surface area (Å²) >= 11 is 0. The molecule has 17 nitrogen and oxygen atoms in total. The van der Waals surface area contributed by atoms with E-state index in [1.54, 1.807) is 19.1 Å². The van der Waals surface area contributed by atoms with Gasteiger partial charge in [-0.2, -0.15) is 0 Å². The Bertz CT molecular complexity index is 3230. The summed E-state index contributed by atoms with van der Waals surface area (Å²) < 4.78 is 45.1. The third kappa shape index (κ3) is 26.7. The minimum Gasteiger partial charge on any atom is -0.492 e. The molecule has 1 saturated heterocycles. The van der Waals surface area contributed by atoms with Crippen LogP contribution in [-0.4, -0.2) is 174 Å². The maximum absolute atomic E-state index is 11.9. The monoisotopic (exact) mass is 1280 g/mol. The number of hydrogen-bond acceptors (Lipinski definition) is 15. The molecule has 0 bridgehead atoms. The summed E-state index contributed by atoms with van der Waals surface area (Å²) in [7, 11) is 8.09. The number of aliphatic hydroxyl groups is 1. The summed E-state index contributed by atoms with van der Waals surface area (Å²) in [5.74, 6) is 2.68. The third-order valence-electron chi connectivity index (χ3n) is 15.2. The number of carboxylic acid groups (broad SMARTS) is 2. The van der Waals surface area contributed by atoms with Crippen molar-refractivity contribution in [1.82, 2.24) is 14.7 Å². The zero-order valence-electron chi connectivity index (χ0n) is 58.0. The van der Waals surface area contributed by atoms with E-state index < -0.39 is 18.0 Å². The molecule has 93 heavy (non-hydrogen) atoms. The number of carboxylic acids is 2. The predicted octanol–water partition coefficient (Wildman–Crippen LogP) is 13.9. The first-order valence-corrected chi connectivity index (χ1v) is 32.5. The van der Waals surface area contributed by atoms with Gasteiger partial charge in [0.1, 0.15) is 54.3 Å². The minimum absolute atomic E-state index is 0.113. The molecular weight excluding hydrogens is 1180 g/mol. The maximum atomic E-state index is 11.9. The number of nitrogens with zero attached hydrogens (tertiary/aromatic N) is 3. The highest BCUT2D eigenvalue weighted by molar-refractivity contribution is 5.73. The number of piperidine rings is 1. The minimum atomic E-state index is -0.987. The van der Waals surface area contributed by atoms with E-state index in [1.807, 2.05) is 101 Å². The average molecular weight is 1280 g/mol. The third-order valence-corrected chi connectivity index (χ3v) is 15.2. The Labute approximate surface area is 553 Å². The van der Waals surface area contributed by atoms with Gasteiger partial charge in [0.05, 0.1) is 25.9 Å². The van der Waals surface area contributed by atoms with Crippen molar-refractivity contribution in [2.45, 2.75) is 124 Å². The highest BCUT2D eigenvalue weighted by atomic mass is 16.6. The lowest BCUT2D eigenvalue weighted by molar-refractivity contribution is -0.145. The lowest BCUT2D eigenvalue weighted by Crippen LogP contribution is -2.38. The van der Waals surface area contributed by atoms with Crippen LogP contribution in [-0.2, 0) is 34.7 Å². The van der Waals surface area contributed by atoms with Gasteiger partial charge in [0.25, 0.3) is 0 Å². The number of carbonyl (C=O) groups is 3. The predicted molar refractivity (Wildman–Crippen MR) is 370 cm³/mol. The highest BCUT2D eigenvalue weighted by Gasteiger charge is 2.24. The summed E-state index contributed by atoms with van der Waals surface area (Å²) in [4.78, 5) is 39.7. The van der Waals surface area contributed by atoms with Crippen molar-refractivity contribution < 1.29 is 67.6 Å². The fourth-order valence-corrected chi connectivity index (χ4v) is 10.2. The molecule has 0 aromatic heterocycles. The maximum Gasteiger partial charge on any atom is 0.344 e. The zero-order valence-corrected chi connectivity index (χ0v) is 58.0. The van der Waals surface area contributed by atoms with Crippen molar-refractivity contribution >= 4 is 17.9 Å². The molecule has 6 aromatic rings. The van der Waals surface area contributed by atoms with Crippen LogP contribution in [0.1, 0.15) is 130 Å². The van der Waals surface area contributed by atoms with Gasteiger partial charge in [-0.3, -0.25) is 0 Å². The summed E-state index contributed by atoms with van der Waals surface area (Å²) in [6, 6.07) is 39.9. The van der Waals surface area contributed by atoms with Crippen molar-refractivity contribution in [3.63, 3.8) is 0 Å². The van der Waals surface area contributed by atoms with Gasteiger partial charge in [0, 0.05) is 30.8 Å². The first kappa shape index (κ1) is 76.0. The molecule has 1 aliphatic rings. The standard InChI is InChI=1S/C34H51NO6.C24H33NO4.C18H21NO4/c1-8-39-32(37)24-41-31-15-13-26(21-29(31)34(5,6)7)25-12-14-30(28(20-25)33(2,3)4)40-19-18-38-23-27(36)22-35-16-10-9-11-17-35;1-16(2)20-13-18(7-9-22(20)28-12-11-25(5)6)19-8-10-23(29-15-24(26)27)21(14-19)17(3)4;1-19(2)11-12-22-16-7-3-14(4-8-16)15-5-9-17(10-6-15)23-13-18(20)21/h12-15,20-21,27,36H,8-11,16-19,22-24H2,1-7H3;7-10,13-14,16-17H,11-12,15H2,1-6H3,(H,26,27);3-10H,11-13H2,1-2H3,(H,20,21). The van der Waals surface area contributed by atoms with E-state index in [0.29, 0.717) is 69.4 Å². The number of β-amino-alcohol motifs (C(OH)–C–C–N with tert-alkyl or cyclic N) is 1. The number of rotatable bonds is 31. The van der Waals surface area contributed by atoms with Crippen molar-refractivity contribution in [3.8, 4) is 67.9 Å². The Balaban J connectivity index is 0.000000265. The summed E-state index contributed by atoms with van der Waals surface area (Å²) in [6.07, 6.45) is 3.24. The zero-order chi connectivity index (χ0) is 68.3. The van der Waals surface area contributed by atoms with Gasteiger partial charge in [-0.1, -0.05) is 124 Å². The molecule has 1 fully saturated rings. The molecule has 1 aliphatic heterocycles. The van der Waals surface area contributed by atoms with E-state index >= 15 is 0 Å². The number of carbonyl (C=O) groups excluding carboxylic acids is 1. The Hall–Kier alpha value is -7.67. The van der Waals surface area contributed by atoms with Crippen molar-refractivity contribution in [1.29, 1.82) is 0 Å². The van der Waals surface area contributed by atoms with Crippen LogP contribution in [0.4, 0.5) is 0 Å². The number of likely N-dealkylation sites (tertiary alicyclic amines) is 1. The lowest BCUT2D eigenvalue weighted by Gasteiger charge is -2.28. The largest absolute Gasteiger partial charge is 0.492 e. The molecule has 1 heterocycles. The van der Waals surface area contributed by atoms with Crippen molar-refractivity contribution in [2.24, 2.45) is 0 Å². The molecule has 1 unspecified atom stereocenters. The Morgan fingerprint density at radius 1 is 0.484 bits per heavy atom. The van der Waals surface area contributed by atoms with E-state index in [0.717, 1.165) is 93.5 Å². The summed E-state index contributed by atoms with van der Waals surface area (Å²) in [6.45, 7) is 29.8. The second kappa shape index (κ2) is 37.9. The van der Waals surface area contributed by atoms with Crippen LogP contribution in [0, 0.1) is 0 Å². The van der Waals surface area contributed by atoms with Crippen LogP contribution in [0.3, 0.4) is 0 Å². The van der Waals surface area contributed by atoms with Crippen LogP contribution in [0.25, 0.3) is 33.4 Å². The second-order valence-electron chi connectivity index (χ2n) is 26.5. The molecule has 1 atom stereocenters. The van der Waals surface area contributed by atoms with E-state index in [2.05, 4.69) is 120 Å². The normalized spacial score (nSPS) is 12.9. The number of hydrogen-bond donors (Lipinski definition) is 3. The average Bonchev–Trinajstić information content (AvgIpc) is 0.813. The van der Waals surface area contributed by atoms with E-state index in [9.17, 15) is 19.5 Å². The molecule has 0 radical (unpaired) electrons. The molecule has 17 heteroatoms.